The molecular formula is C28H29N9O2. The summed E-state index contributed by atoms with van der Waals surface area (Å²) in [5, 5.41) is 19.9. The van der Waals surface area contributed by atoms with Gasteiger partial charge in [-0.1, -0.05) is 19.1 Å². The Balaban J connectivity index is 1.38. The minimum absolute atomic E-state index is 0.0369. The summed E-state index contributed by atoms with van der Waals surface area (Å²) >= 11 is 0. The van der Waals surface area contributed by atoms with Gasteiger partial charge in [-0.2, -0.15) is 10.4 Å². The van der Waals surface area contributed by atoms with E-state index in [1.165, 1.54) is 0 Å². The first-order valence-electron chi connectivity index (χ1n) is 12.6. The molecular weight excluding hydrogens is 494 g/mol. The van der Waals surface area contributed by atoms with E-state index in [4.69, 9.17) is 10.00 Å². The monoisotopic (exact) mass is 523 g/mol. The lowest BCUT2D eigenvalue weighted by atomic mass is 10.0. The minimum atomic E-state index is -0.0369. The van der Waals surface area contributed by atoms with Crippen LogP contribution in [-0.2, 0) is 13.6 Å². The third kappa shape index (κ3) is 5.71. The van der Waals surface area contributed by atoms with Crippen molar-refractivity contribution in [1.29, 1.82) is 5.26 Å². The molecule has 0 amide bonds. The fraction of sp³-hybridized carbons (Fsp3) is 0.286. The van der Waals surface area contributed by atoms with Gasteiger partial charge in [0.05, 0.1) is 41.6 Å². The Hall–Kier alpha value is -4.82. The zero-order chi connectivity index (χ0) is 27.4. The summed E-state index contributed by atoms with van der Waals surface area (Å²) in [5.74, 6) is 2.35. The highest BCUT2D eigenvalue weighted by molar-refractivity contribution is 6.02. The molecule has 4 aromatic rings. The summed E-state index contributed by atoms with van der Waals surface area (Å²) in [5.41, 5.74) is 3.53. The van der Waals surface area contributed by atoms with Gasteiger partial charge in [0.15, 0.2) is 17.4 Å². The quantitative estimate of drug-likeness (QED) is 0.290. The maximum atomic E-state index is 12.7. The van der Waals surface area contributed by atoms with Crippen LogP contribution in [-0.4, -0.2) is 55.6 Å². The predicted molar refractivity (Wildman–Crippen MR) is 147 cm³/mol. The first kappa shape index (κ1) is 25.8. The highest BCUT2D eigenvalue weighted by atomic mass is 16.5. The van der Waals surface area contributed by atoms with Crippen molar-refractivity contribution in [2.75, 3.05) is 30.8 Å². The molecule has 0 unspecified atom stereocenters. The van der Waals surface area contributed by atoms with Gasteiger partial charge in [0, 0.05) is 51.6 Å². The van der Waals surface area contributed by atoms with Crippen molar-refractivity contribution in [2.45, 2.75) is 19.9 Å². The highest BCUT2D eigenvalue weighted by Crippen LogP contribution is 2.37. The third-order valence-corrected chi connectivity index (χ3v) is 6.48. The van der Waals surface area contributed by atoms with Gasteiger partial charge in [0.25, 0.3) is 0 Å². The molecule has 11 heteroatoms. The average Bonchev–Trinajstić information content (AvgIpc) is 3.37. The lowest BCUT2D eigenvalue weighted by Gasteiger charge is -2.35. The SMILES string of the molecule is CCC(=O)c1cnc(Nc2ccc(CN3CC(C#N)C3)cn2)cc1Nc1cccc(-c2ncn(C)n2)c1OC. The molecule has 39 heavy (non-hydrogen) atoms. The second kappa shape index (κ2) is 11.3. The maximum absolute atomic E-state index is 12.7. The number of anilines is 4. The number of methoxy groups -OCH3 is 1. The van der Waals surface area contributed by atoms with E-state index < -0.39 is 0 Å². The van der Waals surface area contributed by atoms with Crippen LogP contribution in [0.1, 0.15) is 29.3 Å². The molecule has 11 nitrogen and oxygen atoms in total. The molecule has 4 heterocycles. The Bertz CT molecular complexity index is 1520. The molecule has 0 bridgehead atoms. The summed E-state index contributed by atoms with van der Waals surface area (Å²) in [6.07, 6.45) is 5.35. The molecule has 5 rings (SSSR count). The number of para-hydroxylation sites is 1. The molecule has 1 aliphatic heterocycles. The first-order chi connectivity index (χ1) is 19.0. The number of nitrogens with zero attached hydrogens (tertiary/aromatic N) is 7. The van der Waals surface area contributed by atoms with Gasteiger partial charge in [0.1, 0.15) is 18.0 Å². The number of nitrogens with one attached hydrogen (secondary N) is 2. The number of carbonyl (C=O) groups excluding carboxylic acids is 1. The van der Waals surface area contributed by atoms with E-state index in [9.17, 15) is 4.79 Å². The van der Waals surface area contributed by atoms with E-state index >= 15 is 0 Å². The number of nitriles is 1. The van der Waals surface area contributed by atoms with Gasteiger partial charge in [-0.15, -0.1) is 0 Å². The van der Waals surface area contributed by atoms with E-state index in [1.807, 2.05) is 43.5 Å². The van der Waals surface area contributed by atoms with Crippen LogP contribution < -0.4 is 15.4 Å². The van der Waals surface area contributed by atoms with Crippen LogP contribution in [0, 0.1) is 17.2 Å². The summed E-state index contributed by atoms with van der Waals surface area (Å²) < 4.78 is 7.36. The Morgan fingerprint density at radius 2 is 1.92 bits per heavy atom. The van der Waals surface area contributed by atoms with Crippen molar-refractivity contribution in [2.24, 2.45) is 13.0 Å². The number of pyridine rings is 2. The zero-order valence-electron chi connectivity index (χ0n) is 22.0. The number of ketones is 1. The number of Topliss-reactive ketones (excluding diaryl/α,β-unsaturated/α-hetero) is 1. The van der Waals surface area contributed by atoms with E-state index in [-0.39, 0.29) is 11.7 Å². The number of rotatable bonds is 10. The van der Waals surface area contributed by atoms with Gasteiger partial charge in [-0.3, -0.25) is 14.4 Å². The zero-order valence-corrected chi connectivity index (χ0v) is 22.0. The fourth-order valence-corrected chi connectivity index (χ4v) is 4.44. The molecule has 0 radical (unpaired) electrons. The van der Waals surface area contributed by atoms with Crippen LogP contribution in [0.3, 0.4) is 0 Å². The van der Waals surface area contributed by atoms with Gasteiger partial charge in [-0.05, 0) is 23.8 Å². The van der Waals surface area contributed by atoms with Gasteiger partial charge in [-0.25, -0.2) is 15.0 Å². The predicted octanol–water partition coefficient (Wildman–Crippen LogP) is 4.32. The van der Waals surface area contributed by atoms with E-state index in [0.717, 1.165) is 30.8 Å². The van der Waals surface area contributed by atoms with E-state index in [1.54, 1.807) is 37.4 Å². The van der Waals surface area contributed by atoms with Gasteiger partial charge >= 0.3 is 0 Å². The molecule has 0 atom stereocenters. The molecule has 198 valence electrons. The Labute approximate surface area is 226 Å². The van der Waals surface area contributed by atoms with Crippen molar-refractivity contribution in [3.8, 4) is 23.2 Å². The number of ether oxygens (including phenoxy) is 1. The molecule has 1 saturated heterocycles. The second-order valence-electron chi connectivity index (χ2n) is 9.34. The number of hydrogen-bond donors (Lipinski definition) is 2. The number of aromatic nitrogens is 5. The third-order valence-electron chi connectivity index (χ3n) is 6.48. The maximum Gasteiger partial charge on any atom is 0.184 e. The van der Waals surface area contributed by atoms with Crippen LogP contribution in [0.2, 0.25) is 0 Å². The number of carbonyl (C=O) groups is 1. The summed E-state index contributed by atoms with van der Waals surface area (Å²) in [4.78, 5) is 28.3. The number of benzene rings is 1. The largest absolute Gasteiger partial charge is 0.494 e. The molecule has 1 aromatic carbocycles. The summed E-state index contributed by atoms with van der Waals surface area (Å²) in [6, 6.07) is 13.6. The van der Waals surface area contributed by atoms with Crippen molar-refractivity contribution in [1.82, 2.24) is 29.6 Å². The molecule has 0 spiro atoms. The molecule has 1 aliphatic rings. The van der Waals surface area contributed by atoms with Crippen molar-refractivity contribution >= 4 is 28.8 Å². The number of hydrogen-bond acceptors (Lipinski definition) is 10. The lowest BCUT2D eigenvalue weighted by Crippen LogP contribution is -2.45. The molecule has 1 fully saturated rings. The second-order valence-corrected chi connectivity index (χ2v) is 9.34. The standard InChI is InChI=1S/C28H29N9O2/c1-4-24(38)21-13-31-26(34-25-9-8-18(12-30-25)14-37-15-19(11-29)16-37)10-23(21)33-22-7-5-6-20(27(22)39-3)28-32-17-36(2)35-28/h5-10,12-13,17,19H,4,14-16H2,1-3H3,(H2,30,31,33,34). The Morgan fingerprint density at radius 1 is 1.10 bits per heavy atom. The fourth-order valence-electron chi connectivity index (χ4n) is 4.44. The highest BCUT2D eigenvalue weighted by Gasteiger charge is 2.26. The Morgan fingerprint density at radius 3 is 2.59 bits per heavy atom. The topological polar surface area (TPSA) is 134 Å². The van der Waals surface area contributed by atoms with E-state index in [0.29, 0.717) is 46.6 Å². The number of aryl methyl sites for hydroxylation is 1. The summed E-state index contributed by atoms with van der Waals surface area (Å²) in [7, 11) is 3.39. The smallest absolute Gasteiger partial charge is 0.184 e. The van der Waals surface area contributed by atoms with Crippen LogP contribution in [0.5, 0.6) is 5.75 Å². The van der Waals surface area contributed by atoms with Crippen molar-refractivity contribution < 1.29 is 9.53 Å². The number of likely N-dealkylation sites (tertiary alicyclic amines) is 1. The normalized spacial score (nSPS) is 13.4. The molecule has 0 saturated carbocycles. The molecule has 3 aromatic heterocycles. The first-order valence-corrected chi connectivity index (χ1v) is 12.6. The van der Waals surface area contributed by atoms with Gasteiger partial charge in [0.2, 0.25) is 0 Å². The van der Waals surface area contributed by atoms with E-state index in [2.05, 4.69) is 41.7 Å². The van der Waals surface area contributed by atoms with Crippen LogP contribution in [0.4, 0.5) is 23.0 Å². The summed E-state index contributed by atoms with van der Waals surface area (Å²) in [6.45, 7) is 4.18. The van der Waals surface area contributed by atoms with Crippen LogP contribution in [0.15, 0.2) is 55.1 Å². The van der Waals surface area contributed by atoms with Crippen LogP contribution in [0.25, 0.3) is 11.4 Å². The minimum Gasteiger partial charge on any atom is -0.494 e. The van der Waals surface area contributed by atoms with Crippen molar-refractivity contribution in [3.05, 3.63) is 66.2 Å². The van der Waals surface area contributed by atoms with Gasteiger partial charge < -0.3 is 15.4 Å². The van der Waals surface area contributed by atoms with Crippen LogP contribution >= 0.6 is 0 Å². The Kier molecular flexibility index (Phi) is 7.47. The van der Waals surface area contributed by atoms with Crippen molar-refractivity contribution in [3.63, 3.8) is 0 Å². The lowest BCUT2D eigenvalue weighted by molar-refractivity contribution is 0.0988. The molecule has 2 N–H and O–H groups in total. The average molecular weight is 524 g/mol. The molecule has 0 aliphatic carbocycles.